The van der Waals surface area contributed by atoms with Crippen molar-refractivity contribution in [2.75, 3.05) is 7.11 Å². The maximum Gasteiger partial charge on any atom is 0.187 e. The van der Waals surface area contributed by atoms with Gasteiger partial charge in [-0.05, 0) is 38.2 Å². The van der Waals surface area contributed by atoms with E-state index in [4.69, 9.17) is 17.0 Å². The molecule has 1 aromatic carbocycles. The van der Waals surface area contributed by atoms with Crippen LogP contribution in [0.5, 0.6) is 11.5 Å². The molecule has 0 aromatic heterocycles. The van der Waals surface area contributed by atoms with Gasteiger partial charge in [0.2, 0.25) is 0 Å². The lowest BCUT2D eigenvalue weighted by atomic mass is 10.2. The number of para-hydroxylation sites is 1. The number of hydrazone groups is 1. The molecular formula is C12H17N3O2S. The van der Waals surface area contributed by atoms with Crippen LogP contribution < -0.4 is 15.5 Å². The van der Waals surface area contributed by atoms with E-state index in [-0.39, 0.29) is 11.8 Å². The summed E-state index contributed by atoms with van der Waals surface area (Å²) in [5, 5.41) is 17.2. The van der Waals surface area contributed by atoms with E-state index in [1.807, 2.05) is 13.8 Å². The SMILES string of the molecule is COc1cccc(/C=N/NC(=S)NC(C)C)c1O. The lowest BCUT2D eigenvalue weighted by molar-refractivity contribution is 0.373. The van der Waals surface area contributed by atoms with Gasteiger partial charge in [-0.15, -0.1) is 0 Å². The Kier molecular flexibility index (Phi) is 5.38. The maximum absolute atomic E-state index is 9.81. The molecule has 0 saturated heterocycles. The van der Waals surface area contributed by atoms with E-state index in [1.165, 1.54) is 13.3 Å². The molecule has 0 aliphatic heterocycles. The number of phenols is 1. The van der Waals surface area contributed by atoms with Crippen molar-refractivity contribution in [1.82, 2.24) is 10.7 Å². The highest BCUT2D eigenvalue weighted by atomic mass is 32.1. The topological polar surface area (TPSA) is 65.9 Å². The van der Waals surface area contributed by atoms with E-state index in [1.54, 1.807) is 18.2 Å². The highest BCUT2D eigenvalue weighted by Crippen LogP contribution is 2.27. The average molecular weight is 267 g/mol. The third-order valence-corrected chi connectivity index (χ3v) is 2.25. The van der Waals surface area contributed by atoms with E-state index in [9.17, 15) is 5.11 Å². The molecule has 98 valence electrons. The summed E-state index contributed by atoms with van der Waals surface area (Å²) in [6, 6.07) is 5.41. The second-order valence-electron chi connectivity index (χ2n) is 3.90. The molecule has 0 aliphatic carbocycles. The summed E-state index contributed by atoms with van der Waals surface area (Å²) in [5.41, 5.74) is 3.22. The molecule has 1 rings (SSSR count). The number of benzene rings is 1. The van der Waals surface area contributed by atoms with Crippen molar-refractivity contribution >= 4 is 23.5 Å². The maximum atomic E-state index is 9.81. The first-order chi connectivity index (χ1) is 8.54. The fourth-order valence-electron chi connectivity index (χ4n) is 1.26. The molecule has 18 heavy (non-hydrogen) atoms. The zero-order valence-corrected chi connectivity index (χ0v) is 11.4. The summed E-state index contributed by atoms with van der Waals surface area (Å²) < 4.78 is 5.00. The number of thiocarbonyl (C=S) groups is 1. The fraction of sp³-hybridized carbons (Fsp3) is 0.333. The second kappa shape index (κ2) is 6.80. The molecular weight excluding hydrogens is 250 g/mol. The van der Waals surface area contributed by atoms with Crippen molar-refractivity contribution < 1.29 is 9.84 Å². The van der Waals surface area contributed by atoms with Crippen LogP contribution in [0, 0.1) is 0 Å². The highest BCUT2D eigenvalue weighted by molar-refractivity contribution is 7.80. The van der Waals surface area contributed by atoms with Gasteiger partial charge in [-0.2, -0.15) is 5.10 Å². The summed E-state index contributed by atoms with van der Waals surface area (Å²) in [4.78, 5) is 0. The third-order valence-electron chi connectivity index (χ3n) is 2.04. The lowest BCUT2D eigenvalue weighted by Crippen LogP contribution is -2.36. The van der Waals surface area contributed by atoms with Crippen molar-refractivity contribution in [2.45, 2.75) is 19.9 Å². The van der Waals surface area contributed by atoms with Crippen LogP contribution in [0.2, 0.25) is 0 Å². The van der Waals surface area contributed by atoms with E-state index in [0.29, 0.717) is 16.4 Å². The molecule has 0 aliphatic rings. The molecule has 0 atom stereocenters. The molecule has 0 heterocycles. The van der Waals surface area contributed by atoms with Gasteiger partial charge < -0.3 is 15.2 Å². The minimum absolute atomic E-state index is 0.0493. The number of hydrogen-bond acceptors (Lipinski definition) is 4. The standard InChI is InChI=1S/C12H17N3O2S/c1-8(2)14-12(18)15-13-7-9-5-4-6-10(17-3)11(9)16/h4-8,16H,1-3H3,(H2,14,15,18)/b13-7+. The molecule has 0 unspecified atom stereocenters. The summed E-state index contributed by atoms with van der Waals surface area (Å²) >= 11 is 5.00. The lowest BCUT2D eigenvalue weighted by Gasteiger charge is -2.09. The van der Waals surface area contributed by atoms with Crippen LogP contribution in [0.15, 0.2) is 23.3 Å². The summed E-state index contributed by atoms with van der Waals surface area (Å²) in [5.74, 6) is 0.454. The number of nitrogens with one attached hydrogen (secondary N) is 2. The van der Waals surface area contributed by atoms with Gasteiger partial charge in [0.1, 0.15) is 0 Å². The minimum atomic E-state index is 0.0493. The van der Waals surface area contributed by atoms with Crippen molar-refractivity contribution in [2.24, 2.45) is 5.10 Å². The molecule has 0 radical (unpaired) electrons. The fourth-order valence-corrected chi connectivity index (χ4v) is 1.55. The number of nitrogens with zero attached hydrogens (tertiary/aromatic N) is 1. The normalized spacial score (nSPS) is 10.7. The van der Waals surface area contributed by atoms with Gasteiger partial charge in [0.25, 0.3) is 0 Å². The van der Waals surface area contributed by atoms with E-state index >= 15 is 0 Å². The van der Waals surface area contributed by atoms with Gasteiger partial charge in [0, 0.05) is 11.6 Å². The Morgan fingerprint density at radius 2 is 2.22 bits per heavy atom. The predicted molar refractivity (Wildman–Crippen MR) is 76.3 cm³/mol. The molecule has 0 bridgehead atoms. The Morgan fingerprint density at radius 1 is 1.50 bits per heavy atom. The van der Waals surface area contributed by atoms with Crippen LogP contribution in [0.25, 0.3) is 0 Å². The summed E-state index contributed by atoms with van der Waals surface area (Å²) in [7, 11) is 1.50. The van der Waals surface area contributed by atoms with Gasteiger partial charge in [-0.25, -0.2) is 0 Å². The number of methoxy groups -OCH3 is 1. The van der Waals surface area contributed by atoms with Gasteiger partial charge in [0.05, 0.1) is 13.3 Å². The van der Waals surface area contributed by atoms with Crippen LogP contribution in [0.1, 0.15) is 19.4 Å². The first-order valence-electron chi connectivity index (χ1n) is 5.50. The Balaban J connectivity index is 2.65. The zero-order chi connectivity index (χ0) is 13.5. The van der Waals surface area contributed by atoms with Crippen molar-refractivity contribution in [1.29, 1.82) is 0 Å². The van der Waals surface area contributed by atoms with E-state index < -0.39 is 0 Å². The number of ether oxygens (including phenoxy) is 1. The van der Waals surface area contributed by atoms with Crippen molar-refractivity contribution in [3.63, 3.8) is 0 Å². The molecule has 0 spiro atoms. The molecule has 0 fully saturated rings. The predicted octanol–water partition coefficient (Wildman–Crippen LogP) is 1.61. The van der Waals surface area contributed by atoms with Gasteiger partial charge in [-0.3, -0.25) is 5.43 Å². The Hall–Kier alpha value is -1.82. The minimum Gasteiger partial charge on any atom is -0.504 e. The van der Waals surface area contributed by atoms with E-state index in [0.717, 1.165) is 0 Å². The Bertz CT molecular complexity index is 447. The Labute approximate surface area is 112 Å². The quantitative estimate of drug-likeness (QED) is 0.439. The van der Waals surface area contributed by atoms with Crippen molar-refractivity contribution in [3.8, 4) is 11.5 Å². The number of aromatic hydroxyl groups is 1. The van der Waals surface area contributed by atoms with Gasteiger partial charge in [0.15, 0.2) is 16.6 Å². The first kappa shape index (κ1) is 14.2. The number of phenolic OH excluding ortho intramolecular Hbond substituents is 1. The third kappa shape index (κ3) is 4.21. The van der Waals surface area contributed by atoms with Crippen LogP contribution in [0.3, 0.4) is 0 Å². The smallest absolute Gasteiger partial charge is 0.187 e. The zero-order valence-electron chi connectivity index (χ0n) is 10.6. The molecule has 0 saturated carbocycles. The van der Waals surface area contributed by atoms with Crippen LogP contribution >= 0.6 is 12.2 Å². The molecule has 1 aromatic rings. The van der Waals surface area contributed by atoms with Gasteiger partial charge in [-0.1, -0.05) is 6.07 Å². The van der Waals surface area contributed by atoms with Crippen LogP contribution in [-0.2, 0) is 0 Å². The Morgan fingerprint density at radius 3 is 2.83 bits per heavy atom. The van der Waals surface area contributed by atoms with Crippen molar-refractivity contribution in [3.05, 3.63) is 23.8 Å². The molecule has 0 amide bonds. The molecule has 3 N–H and O–H groups in total. The molecule has 6 heteroatoms. The van der Waals surface area contributed by atoms with Gasteiger partial charge >= 0.3 is 0 Å². The number of hydrogen-bond donors (Lipinski definition) is 3. The summed E-state index contributed by atoms with van der Waals surface area (Å²) in [6.45, 7) is 3.96. The highest BCUT2D eigenvalue weighted by Gasteiger charge is 2.04. The second-order valence-corrected chi connectivity index (χ2v) is 4.30. The first-order valence-corrected chi connectivity index (χ1v) is 5.91. The summed E-state index contributed by atoms with van der Waals surface area (Å²) in [6.07, 6.45) is 1.48. The van der Waals surface area contributed by atoms with Crippen LogP contribution in [-0.4, -0.2) is 29.6 Å². The largest absolute Gasteiger partial charge is 0.504 e. The monoisotopic (exact) mass is 267 g/mol. The number of rotatable bonds is 4. The molecule has 5 nitrogen and oxygen atoms in total. The average Bonchev–Trinajstić information content (AvgIpc) is 2.30. The van der Waals surface area contributed by atoms with Crippen LogP contribution in [0.4, 0.5) is 0 Å². The van der Waals surface area contributed by atoms with E-state index in [2.05, 4.69) is 15.8 Å².